The minimum atomic E-state index is -0.361. The zero-order valence-corrected chi connectivity index (χ0v) is 7.34. The SMILES string of the molecule is Nc1noc([C@H](N)Cc2cnc[nH]2)n1. The molecule has 0 radical (unpaired) electrons. The zero-order chi connectivity index (χ0) is 9.97. The summed E-state index contributed by atoms with van der Waals surface area (Å²) in [5.74, 6) is 0.428. The number of nitrogens with one attached hydrogen (secondary N) is 1. The summed E-state index contributed by atoms with van der Waals surface area (Å²) < 4.78 is 4.83. The lowest BCUT2D eigenvalue weighted by molar-refractivity contribution is 0.354. The van der Waals surface area contributed by atoms with E-state index in [1.165, 1.54) is 0 Å². The first-order valence-electron chi connectivity index (χ1n) is 4.07. The number of nitrogens with two attached hydrogens (primary N) is 2. The number of hydrogen-bond donors (Lipinski definition) is 3. The number of aromatic nitrogens is 4. The third-order valence-corrected chi connectivity index (χ3v) is 1.77. The normalized spacial score (nSPS) is 12.9. The second kappa shape index (κ2) is 3.46. The first-order chi connectivity index (χ1) is 6.75. The van der Waals surface area contributed by atoms with Gasteiger partial charge in [0.2, 0.25) is 5.89 Å². The van der Waals surface area contributed by atoms with E-state index in [4.69, 9.17) is 16.0 Å². The van der Waals surface area contributed by atoms with Gasteiger partial charge in [-0.2, -0.15) is 4.98 Å². The van der Waals surface area contributed by atoms with Crippen LogP contribution < -0.4 is 11.5 Å². The lowest BCUT2D eigenvalue weighted by atomic mass is 10.2. The summed E-state index contributed by atoms with van der Waals surface area (Å²) in [6.45, 7) is 0. The first kappa shape index (κ1) is 8.70. The van der Waals surface area contributed by atoms with Crippen molar-refractivity contribution in [2.24, 2.45) is 5.73 Å². The van der Waals surface area contributed by atoms with Crippen molar-refractivity contribution in [2.75, 3.05) is 5.73 Å². The number of imidazole rings is 1. The Bertz CT molecular complexity index is 394. The molecule has 0 fully saturated rings. The molecule has 7 nitrogen and oxygen atoms in total. The molecule has 0 aliphatic rings. The van der Waals surface area contributed by atoms with E-state index in [1.807, 2.05) is 0 Å². The number of nitrogens with zero attached hydrogens (tertiary/aromatic N) is 3. The highest BCUT2D eigenvalue weighted by molar-refractivity contribution is 5.12. The van der Waals surface area contributed by atoms with Gasteiger partial charge in [0.15, 0.2) is 0 Å². The first-order valence-corrected chi connectivity index (χ1v) is 4.07. The third kappa shape index (κ3) is 1.72. The molecule has 2 rings (SSSR count). The van der Waals surface area contributed by atoms with Crippen molar-refractivity contribution in [3.8, 4) is 0 Å². The van der Waals surface area contributed by atoms with Crippen molar-refractivity contribution in [3.05, 3.63) is 24.1 Å². The van der Waals surface area contributed by atoms with Gasteiger partial charge in [0, 0.05) is 18.3 Å². The molecule has 0 spiro atoms. The molecule has 1 atom stereocenters. The largest absolute Gasteiger partial charge is 0.365 e. The number of aromatic amines is 1. The van der Waals surface area contributed by atoms with Crippen LogP contribution in [-0.4, -0.2) is 20.1 Å². The van der Waals surface area contributed by atoms with Gasteiger partial charge in [-0.15, -0.1) is 0 Å². The fraction of sp³-hybridized carbons (Fsp3) is 0.286. The predicted molar refractivity (Wildman–Crippen MR) is 47.9 cm³/mol. The van der Waals surface area contributed by atoms with Crippen molar-refractivity contribution in [3.63, 3.8) is 0 Å². The molecule has 0 aliphatic carbocycles. The predicted octanol–water partition coefficient (Wildman–Crippen LogP) is -0.383. The van der Waals surface area contributed by atoms with Crippen molar-refractivity contribution in [2.45, 2.75) is 12.5 Å². The highest BCUT2D eigenvalue weighted by atomic mass is 16.5. The molecule has 0 saturated carbocycles. The van der Waals surface area contributed by atoms with Crippen LogP contribution in [0.4, 0.5) is 5.95 Å². The minimum Gasteiger partial charge on any atom is -0.365 e. The quantitative estimate of drug-likeness (QED) is 0.612. The maximum atomic E-state index is 5.80. The number of anilines is 1. The fourth-order valence-corrected chi connectivity index (χ4v) is 1.12. The van der Waals surface area contributed by atoms with Crippen molar-refractivity contribution >= 4 is 5.95 Å². The van der Waals surface area contributed by atoms with Gasteiger partial charge in [0.05, 0.1) is 12.4 Å². The molecule has 0 amide bonds. The lowest BCUT2D eigenvalue weighted by Gasteiger charge is -2.03. The molecule has 7 heteroatoms. The summed E-state index contributed by atoms with van der Waals surface area (Å²) in [7, 11) is 0. The molecule has 0 aliphatic heterocycles. The van der Waals surface area contributed by atoms with Gasteiger partial charge in [-0.05, 0) is 5.16 Å². The van der Waals surface area contributed by atoms with Crippen LogP contribution in [0, 0.1) is 0 Å². The molecule has 0 unspecified atom stereocenters. The lowest BCUT2D eigenvalue weighted by Crippen LogP contribution is -2.14. The second-order valence-electron chi connectivity index (χ2n) is 2.88. The summed E-state index contributed by atoms with van der Waals surface area (Å²) in [6, 6.07) is -0.361. The van der Waals surface area contributed by atoms with E-state index in [2.05, 4.69) is 20.1 Å². The maximum absolute atomic E-state index is 5.80. The van der Waals surface area contributed by atoms with Crippen LogP contribution >= 0.6 is 0 Å². The maximum Gasteiger partial charge on any atom is 0.260 e. The van der Waals surface area contributed by atoms with Crippen molar-refractivity contribution in [1.82, 2.24) is 20.1 Å². The Kier molecular flexibility index (Phi) is 2.15. The van der Waals surface area contributed by atoms with Crippen LogP contribution in [0.25, 0.3) is 0 Å². The molecule has 5 N–H and O–H groups in total. The van der Waals surface area contributed by atoms with Gasteiger partial charge >= 0.3 is 0 Å². The summed E-state index contributed by atoms with van der Waals surface area (Å²) in [5.41, 5.74) is 12.0. The molecule has 2 aromatic heterocycles. The third-order valence-electron chi connectivity index (χ3n) is 1.77. The highest BCUT2D eigenvalue weighted by Crippen LogP contribution is 2.12. The molecule has 14 heavy (non-hydrogen) atoms. The van der Waals surface area contributed by atoms with E-state index >= 15 is 0 Å². The van der Waals surface area contributed by atoms with Crippen LogP contribution in [0.5, 0.6) is 0 Å². The standard InChI is InChI=1S/C7H10N6O/c8-5(1-4-2-10-3-11-4)6-12-7(9)13-14-6/h2-3,5H,1,8H2,(H2,9,13)(H,10,11)/t5-/m1/s1. The van der Waals surface area contributed by atoms with E-state index < -0.39 is 0 Å². The van der Waals surface area contributed by atoms with Gasteiger partial charge < -0.3 is 21.0 Å². The Hall–Kier alpha value is -1.89. The monoisotopic (exact) mass is 194 g/mol. The molecule has 2 aromatic rings. The fourth-order valence-electron chi connectivity index (χ4n) is 1.12. The summed E-state index contributed by atoms with van der Waals surface area (Å²) in [5, 5.41) is 3.45. The van der Waals surface area contributed by atoms with E-state index in [1.54, 1.807) is 12.5 Å². The molecular weight excluding hydrogens is 184 g/mol. The molecule has 0 bridgehead atoms. The van der Waals surface area contributed by atoms with Gasteiger partial charge in [-0.25, -0.2) is 4.98 Å². The Balaban J connectivity index is 2.06. The summed E-state index contributed by atoms with van der Waals surface area (Å²) in [6.07, 6.45) is 3.84. The number of hydrogen-bond acceptors (Lipinski definition) is 6. The minimum absolute atomic E-state index is 0.0973. The average Bonchev–Trinajstić information content (AvgIpc) is 2.75. The molecule has 0 saturated heterocycles. The van der Waals surface area contributed by atoms with Gasteiger partial charge in [-0.1, -0.05) is 0 Å². The van der Waals surface area contributed by atoms with E-state index in [-0.39, 0.29) is 12.0 Å². The Labute approximate surface area is 79.5 Å². The van der Waals surface area contributed by atoms with Crippen molar-refractivity contribution < 1.29 is 4.52 Å². The van der Waals surface area contributed by atoms with Gasteiger partial charge in [-0.3, -0.25) is 0 Å². The van der Waals surface area contributed by atoms with Crippen LogP contribution in [0.15, 0.2) is 17.0 Å². The number of rotatable bonds is 3. The molecular formula is C7H10N6O. The molecule has 0 aromatic carbocycles. The number of H-pyrrole nitrogens is 1. The summed E-state index contributed by atoms with van der Waals surface area (Å²) >= 11 is 0. The average molecular weight is 194 g/mol. The topological polar surface area (TPSA) is 120 Å². The van der Waals surface area contributed by atoms with E-state index in [9.17, 15) is 0 Å². The van der Waals surface area contributed by atoms with Gasteiger partial charge in [0.25, 0.3) is 5.95 Å². The summed E-state index contributed by atoms with van der Waals surface area (Å²) in [4.78, 5) is 10.6. The Morgan fingerprint density at radius 2 is 2.43 bits per heavy atom. The van der Waals surface area contributed by atoms with Crippen LogP contribution in [0.2, 0.25) is 0 Å². The second-order valence-corrected chi connectivity index (χ2v) is 2.88. The van der Waals surface area contributed by atoms with E-state index in [0.29, 0.717) is 12.3 Å². The zero-order valence-electron chi connectivity index (χ0n) is 7.34. The van der Waals surface area contributed by atoms with Crippen LogP contribution in [0.1, 0.15) is 17.6 Å². The van der Waals surface area contributed by atoms with Gasteiger partial charge in [0.1, 0.15) is 0 Å². The molecule has 2 heterocycles. The van der Waals surface area contributed by atoms with Crippen molar-refractivity contribution in [1.29, 1.82) is 0 Å². The Morgan fingerprint density at radius 3 is 3.00 bits per heavy atom. The molecule has 74 valence electrons. The van der Waals surface area contributed by atoms with Crippen LogP contribution in [0.3, 0.4) is 0 Å². The highest BCUT2D eigenvalue weighted by Gasteiger charge is 2.14. The Morgan fingerprint density at radius 1 is 1.57 bits per heavy atom. The smallest absolute Gasteiger partial charge is 0.260 e. The van der Waals surface area contributed by atoms with Crippen LogP contribution in [-0.2, 0) is 6.42 Å². The number of nitrogen functional groups attached to an aromatic ring is 1. The van der Waals surface area contributed by atoms with E-state index in [0.717, 1.165) is 5.69 Å².